The zero-order chi connectivity index (χ0) is 20.9. The summed E-state index contributed by atoms with van der Waals surface area (Å²) in [5, 5.41) is 5.71. The summed E-state index contributed by atoms with van der Waals surface area (Å²) in [5.41, 5.74) is 0.825. The fourth-order valence-corrected chi connectivity index (χ4v) is 4.22. The van der Waals surface area contributed by atoms with E-state index in [1.165, 1.54) is 18.4 Å². The molecule has 2 atom stereocenters. The molecule has 28 heavy (non-hydrogen) atoms. The van der Waals surface area contributed by atoms with Crippen molar-refractivity contribution in [3.63, 3.8) is 0 Å². The first kappa shape index (κ1) is 22.3. The van der Waals surface area contributed by atoms with Crippen LogP contribution in [-0.4, -0.2) is 62.1 Å². The van der Waals surface area contributed by atoms with Gasteiger partial charge in [0.2, 0.25) is 5.91 Å². The first-order chi connectivity index (χ1) is 13.2. The molecule has 0 aromatic heterocycles. The Morgan fingerprint density at radius 2 is 1.96 bits per heavy atom. The highest BCUT2D eigenvalue weighted by atomic mass is 32.2. The number of para-hydroxylation sites is 1. The van der Waals surface area contributed by atoms with Crippen molar-refractivity contribution in [2.45, 2.75) is 39.2 Å². The van der Waals surface area contributed by atoms with Crippen LogP contribution in [0.1, 0.15) is 43.5 Å². The molecule has 0 saturated carbocycles. The van der Waals surface area contributed by atoms with Crippen LogP contribution in [0.15, 0.2) is 24.3 Å². The van der Waals surface area contributed by atoms with Gasteiger partial charge in [0, 0.05) is 33.2 Å². The normalized spacial score (nSPS) is 19.2. The quantitative estimate of drug-likeness (QED) is 0.714. The van der Waals surface area contributed by atoms with E-state index < -0.39 is 16.1 Å². The third kappa shape index (κ3) is 5.30. The van der Waals surface area contributed by atoms with Gasteiger partial charge >= 0.3 is 0 Å². The second-order valence-corrected chi connectivity index (χ2v) is 9.45. The molecule has 1 fully saturated rings. The summed E-state index contributed by atoms with van der Waals surface area (Å²) in [5.74, 6) is -0.984. The summed E-state index contributed by atoms with van der Waals surface area (Å²) in [4.78, 5) is 25.3. The number of anilines is 1. The van der Waals surface area contributed by atoms with Crippen LogP contribution in [0.25, 0.3) is 0 Å². The van der Waals surface area contributed by atoms with Crippen molar-refractivity contribution in [3.05, 3.63) is 29.8 Å². The lowest BCUT2D eigenvalue weighted by Crippen LogP contribution is -2.47. The standard InChI is InChI=1S/C19H30N4O4S/c1-5-14(2)20-19(25)16-10-6-7-11-17(16)21-18(24)15-9-8-12-23(13-15)28(26,27)22(3)4/h6-7,10-11,14-15H,5,8-9,12-13H2,1-4H3,(H,20,25)(H,21,24)/t14-,15-/m0/s1. The highest BCUT2D eigenvalue weighted by Crippen LogP contribution is 2.23. The molecular formula is C19H30N4O4S. The van der Waals surface area contributed by atoms with Gasteiger partial charge in [-0.1, -0.05) is 19.1 Å². The fraction of sp³-hybridized carbons (Fsp3) is 0.579. The van der Waals surface area contributed by atoms with E-state index in [1.54, 1.807) is 24.3 Å². The van der Waals surface area contributed by atoms with Crippen LogP contribution in [0, 0.1) is 5.92 Å². The van der Waals surface area contributed by atoms with Gasteiger partial charge in [0.25, 0.3) is 16.1 Å². The second-order valence-electron chi connectivity index (χ2n) is 7.30. The minimum Gasteiger partial charge on any atom is -0.350 e. The number of hydrogen-bond donors (Lipinski definition) is 2. The van der Waals surface area contributed by atoms with Crippen molar-refractivity contribution < 1.29 is 18.0 Å². The molecule has 0 spiro atoms. The van der Waals surface area contributed by atoms with Crippen LogP contribution in [-0.2, 0) is 15.0 Å². The molecule has 1 aromatic carbocycles. The molecule has 0 unspecified atom stereocenters. The summed E-state index contributed by atoms with van der Waals surface area (Å²) in [7, 11) is -0.600. The van der Waals surface area contributed by atoms with Crippen molar-refractivity contribution in [1.29, 1.82) is 0 Å². The number of hydrogen-bond acceptors (Lipinski definition) is 4. The number of nitrogens with zero attached hydrogens (tertiary/aromatic N) is 2. The number of carbonyl (C=O) groups is 2. The third-order valence-corrected chi connectivity index (χ3v) is 6.87. The van der Waals surface area contributed by atoms with E-state index in [4.69, 9.17) is 0 Å². The summed E-state index contributed by atoms with van der Waals surface area (Å²) < 4.78 is 27.2. The molecule has 1 aliphatic rings. The maximum atomic E-state index is 12.8. The molecule has 0 radical (unpaired) electrons. The van der Waals surface area contributed by atoms with E-state index in [0.717, 1.165) is 10.7 Å². The molecule has 0 aliphatic carbocycles. The van der Waals surface area contributed by atoms with E-state index in [9.17, 15) is 18.0 Å². The van der Waals surface area contributed by atoms with E-state index in [1.807, 2.05) is 13.8 Å². The molecule has 8 nitrogen and oxygen atoms in total. The van der Waals surface area contributed by atoms with Gasteiger partial charge in [-0.2, -0.15) is 17.0 Å². The number of benzene rings is 1. The molecule has 1 heterocycles. The minimum absolute atomic E-state index is 0.0272. The number of rotatable bonds is 7. The van der Waals surface area contributed by atoms with Crippen molar-refractivity contribution in [2.24, 2.45) is 5.92 Å². The Bertz CT molecular complexity index is 810. The minimum atomic E-state index is -3.55. The van der Waals surface area contributed by atoms with Gasteiger partial charge < -0.3 is 10.6 Å². The van der Waals surface area contributed by atoms with Crippen LogP contribution < -0.4 is 10.6 Å². The first-order valence-corrected chi connectivity index (χ1v) is 10.9. The maximum absolute atomic E-state index is 12.8. The monoisotopic (exact) mass is 410 g/mol. The molecule has 1 aromatic rings. The van der Waals surface area contributed by atoms with Gasteiger partial charge in [0.1, 0.15) is 0 Å². The van der Waals surface area contributed by atoms with Crippen molar-refractivity contribution in [3.8, 4) is 0 Å². The van der Waals surface area contributed by atoms with Crippen LogP contribution >= 0.6 is 0 Å². The highest BCUT2D eigenvalue weighted by molar-refractivity contribution is 7.86. The Morgan fingerprint density at radius 3 is 2.61 bits per heavy atom. The Morgan fingerprint density at radius 1 is 1.29 bits per heavy atom. The summed E-state index contributed by atoms with van der Waals surface area (Å²) in [6.07, 6.45) is 2.02. The zero-order valence-corrected chi connectivity index (χ0v) is 17.8. The average Bonchev–Trinajstić information content (AvgIpc) is 2.68. The van der Waals surface area contributed by atoms with E-state index in [-0.39, 0.29) is 24.4 Å². The molecule has 9 heteroatoms. The van der Waals surface area contributed by atoms with E-state index in [0.29, 0.717) is 30.6 Å². The molecular weight excluding hydrogens is 380 g/mol. The molecule has 1 saturated heterocycles. The predicted molar refractivity (Wildman–Crippen MR) is 109 cm³/mol. The molecule has 0 bridgehead atoms. The number of piperidine rings is 1. The Kier molecular flexibility index (Phi) is 7.56. The van der Waals surface area contributed by atoms with Gasteiger partial charge in [-0.25, -0.2) is 0 Å². The topological polar surface area (TPSA) is 98.8 Å². The van der Waals surface area contributed by atoms with Crippen LogP contribution in [0.3, 0.4) is 0 Å². The summed E-state index contributed by atoms with van der Waals surface area (Å²) in [6, 6.07) is 6.86. The Balaban J connectivity index is 2.12. The number of amides is 2. The zero-order valence-electron chi connectivity index (χ0n) is 16.9. The molecule has 156 valence electrons. The van der Waals surface area contributed by atoms with E-state index >= 15 is 0 Å². The van der Waals surface area contributed by atoms with Crippen molar-refractivity contribution in [2.75, 3.05) is 32.5 Å². The maximum Gasteiger partial charge on any atom is 0.281 e. The molecule has 1 aliphatic heterocycles. The van der Waals surface area contributed by atoms with E-state index in [2.05, 4.69) is 10.6 Å². The number of carbonyl (C=O) groups excluding carboxylic acids is 2. The van der Waals surface area contributed by atoms with Gasteiger partial charge in [0.05, 0.1) is 17.2 Å². The fourth-order valence-electron chi connectivity index (χ4n) is 3.03. The molecule has 2 amide bonds. The lowest BCUT2D eigenvalue weighted by atomic mass is 9.98. The van der Waals surface area contributed by atoms with Gasteiger partial charge in [-0.3, -0.25) is 9.59 Å². The second kappa shape index (κ2) is 9.49. The van der Waals surface area contributed by atoms with Gasteiger partial charge in [0.15, 0.2) is 0 Å². The van der Waals surface area contributed by atoms with Crippen LogP contribution in [0.2, 0.25) is 0 Å². The summed E-state index contributed by atoms with van der Waals surface area (Å²) in [6.45, 7) is 4.43. The largest absolute Gasteiger partial charge is 0.350 e. The van der Waals surface area contributed by atoms with Gasteiger partial charge in [-0.15, -0.1) is 0 Å². The smallest absolute Gasteiger partial charge is 0.281 e. The molecule has 2 N–H and O–H groups in total. The lowest BCUT2D eigenvalue weighted by molar-refractivity contribution is -0.120. The van der Waals surface area contributed by atoms with Crippen LogP contribution in [0.5, 0.6) is 0 Å². The van der Waals surface area contributed by atoms with Crippen molar-refractivity contribution >= 4 is 27.7 Å². The summed E-state index contributed by atoms with van der Waals surface area (Å²) >= 11 is 0. The predicted octanol–water partition coefficient (Wildman–Crippen LogP) is 1.67. The highest BCUT2D eigenvalue weighted by Gasteiger charge is 2.33. The Labute approximate surface area is 167 Å². The SMILES string of the molecule is CC[C@H](C)NC(=O)c1ccccc1NC(=O)[C@H]1CCCN(S(=O)(=O)N(C)C)C1. The Hall–Kier alpha value is -1.97. The van der Waals surface area contributed by atoms with Crippen molar-refractivity contribution in [1.82, 2.24) is 13.9 Å². The van der Waals surface area contributed by atoms with Crippen LogP contribution in [0.4, 0.5) is 5.69 Å². The average molecular weight is 411 g/mol. The van der Waals surface area contributed by atoms with Gasteiger partial charge in [-0.05, 0) is 38.3 Å². The first-order valence-electron chi connectivity index (χ1n) is 9.55. The number of nitrogens with one attached hydrogen (secondary N) is 2. The third-order valence-electron chi connectivity index (χ3n) is 4.96. The lowest BCUT2D eigenvalue weighted by Gasteiger charge is -2.32. The molecule has 2 rings (SSSR count).